The summed E-state index contributed by atoms with van der Waals surface area (Å²) in [7, 11) is 0. The Balaban J connectivity index is 1.79. The molecule has 0 aliphatic rings. The fourth-order valence-electron chi connectivity index (χ4n) is 2.56. The monoisotopic (exact) mass is 455 g/mol. The van der Waals surface area contributed by atoms with Gasteiger partial charge in [0.2, 0.25) is 0 Å². The van der Waals surface area contributed by atoms with Gasteiger partial charge in [-0.2, -0.15) is 0 Å². The molecule has 0 spiro atoms. The largest absolute Gasteiger partial charge is 0.493 e. The second kappa shape index (κ2) is 12.6. The topological polar surface area (TPSA) is 40.0 Å². The Bertz CT molecular complexity index is 832. The SMILES string of the molecule is CCc1cc(OCC=C(Cl)Cl)cc(C)c1OCCCON=Cc1ccc(Cl)cc1. The number of rotatable bonds is 11. The van der Waals surface area contributed by atoms with Crippen molar-refractivity contribution in [3.8, 4) is 11.5 Å². The quantitative estimate of drug-likeness (QED) is 0.214. The van der Waals surface area contributed by atoms with Crippen LogP contribution in [0.5, 0.6) is 11.5 Å². The Hall–Kier alpha value is -1.88. The maximum atomic E-state index is 5.98. The summed E-state index contributed by atoms with van der Waals surface area (Å²) in [6.45, 7) is 5.40. The second-order valence-corrected chi connectivity index (χ2v) is 7.65. The third-order valence-electron chi connectivity index (χ3n) is 3.97. The molecule has 0 amide bonds. The van der Waals surface area contributed by atoms with Crippen LogP contribution in [0.15, 0.2) is 52.1 Å². The molecule has 0 saturated carbocycles. The Morgan fingerprint density at radius 2 is 1.83 bits per heavy atom. The Morgan fingerprint density at radius 3 is 2.52 bits per heavy atom. The van der Waals surface area contributed by atoms with Gasteiger partial charge < -0.3 is 14.3 Å². The average molecular weight is 457 g/mol. The Kier molecular flexibility index (Phi) is 10.2. The molecule has 2 aromatic rings. The van der Waals surface area contributed by atoms with Crippen LogP contribution in [-0.4, -0.2) is 26.0 Å². The lowest BCUT2D eigenvalue weighted by atomic mass is 10.1. The van der Waals surface area contributed by atoms with Gasteiger partial charge in [-0.05, 0) is 60.4 Å². The molecule has 0 heterocycles. The maximum absolute atomic E-state index is 5.98. The van der Waals surface area contributed by atoms with Crippen molar-refractivity contribution in [2.24, 2.45) is 5.16 Å². The minimum Gasteiger partial charge on any atom is -0.493 e. The lowest BCUT2D eigenvalue weighted by Gasteiger charge is -2.15. The molecule has 156 valence electrons. The summed E-state index contributed by atoms with van der Waals surface area (Å²) < 4.78 is 11.8. The molecular weight excluding hydrogens is 433 g/mol. The van der Waals surface area contributed by atoms with Crippen LogP contribution in [0, 0.1) is 6.92 Å². The normalized spacial score (nSPS) is 10.8. The van der Waals surface area contributed by atoms with Gasteiger partial charge in [0.25, 0.3) is 0 Å². The first-order valence-corrected chi connectivity index (χ1v) is 10.4. The van der Waals surface area contributed by atoms with E-state index in [1.165, 1.54) is 0 Å². The zero-order chi connectivity index (χ0) is 21.1. The zero-order valence-electron chi connectivity index (χ0n) is 16.5. The molecule has 2 rings (SSSR count). The summed E-state index contributed by atoms with van der Waals surface area (Å²) in [5.74, 6) is 1.65. The zero-order valence-corrected chi connectivity index (χ0v) is 18.7. The van der Waals surface area contributed by atoms with E-state index in [0.29, 0.717) is 24.8 Å². The number of hydrogen-bond acceptors (Lipinski definition) is 4. The highest BCUT2D eigenvalue weighted by Crippen LogP contribution is 2.30. The van der Waals surface area contributed by atoms with E-state index >= 15 is 0 Å². The molecule has 0 unspecified atom stereocenters. The van der Waals surface area contributed by atoms with E-state index in [1.54, 1.807) is 12.3 Å². The molecule has 0 fully saturated rings. The number of nitrogens with zero attached hydrogens (tertiary/aromatic N) is 1. The minimum absolute atomic E-state index is 0.192. The summed E-state index contributed by atoms with van der Waals surface area (Å²) >= 11 is 17.0. The van der Waals surface area contributed by atoms with E-state index in [2.05, 4.69) is 12.1 Å². The van der Waals surface area contributed by atoms with Gasteiger partial charge in [0.05, 0.1) is 12.8 Å². The summed E-state index contributed by atoms with van der Waals surface area (Å²) in [5, 5.41) is 4.65. The summed E-state index contributed by atoms with van der Waals surface area (Å²) in [6.07, 6.45) is 4.81. The van der Waals surface area contributed by atoms with Gasteiger partial charge in [-0.15, -0.1) is 0 Å². The number of aryl methyl sites for hydroxylation is 2. The Morgan fingerprint density at radius 1 is 1.07 bits per heavy atom. The van der Waals surface area contributed by atoms with Crippen molar-refractivity contribution in [3.63, 3.8) is 0 Å². The number of oxime groups is 1. The van der Waals surface area contributed by atoms with Gasteiger partial charge in [-0.1, -0.05) is 59.0 Å². The molecule has 0 saturated heterocycles. The van der Waals surface area contributed by atoms with Gasteiger partial charge >= 0.3 is 0 Å². The Labute approximate surface area is 187 Å². The van der Waals surface area contributed by atoms with Crippen molar-refractivity contribution in [3.05, 3.63) is 68.7 Å². The van der Waals surface area contributed by atoms with Crippen molar-refractivity contribution in [2.75, 3.05) is 19.8 Å². The summed E-state index contributed by atoms with van der Waals surface area (Å²) in [5.41, 5.74) is 3.03. The summed E-state index contributed by atoms with van der Waals surface area (Å²) in [6, 6.07) is 11.3. The van der Waals surface area contributed by atoms with Crippen molar-refractivity contribution in [1.29, 1.82) is 0 Å². The van der Waals surface area contributed by atoms with Crippen LogP contribution < -0.4 is 9.47 Å². The fraction of sp³-hybridized carbons (Fsp3) is 0.318. The van der Waals surface area contributed by atoms with E-state index in [0.717, 1.165) is 41.0 Å². The van der Waals surface area contributed by atoms with Crippen LogP contribution in [0.3, 0.4) is 0 Å². The molecule has 0 aliphatic carbocycles. The van der Waals surface area contributed by atoms with Gasteiger partial charge in [0.1, 0.15) is 29.2 Å². The smallest absolute Gasteiger partial charge is 0.125 e. The van der Waals surface area contributed by atoms with E-state index in [9.17, 15) is 0 Å². The van der Waals surface area contributed by atoms with Crippen LogP contribution >= 0.6 is 34.8 Å². The first-order chi connectivity index (χ1) is 14.0. The second-order valence-electron chi connectivity index (χ2n) is 6.21. The standard InChI is InChI=1S/C22H24Cl3NO3/c1-3-18-14-20(27-12-9-21(24)25)13-16(2)22(18)28-10-4-11-29-26-15-17-5-7-19(23)8-6-17/h5-9,13-15H,3-4,10-12H2,1-2H3. The highest BCUT2D eigenvalue weighted by molar-refractivity contribution is 6.55. The van der Waals surface area contributed by atoms with Crippen LogP contribution in [0.4, 0.5) is 0 Å². The highest BCUT2D eigenvalue weighted by Gasteiger charge is 2.09. The highest BCUT2D eigenvalue weighted by atomic mass is 35.5. The molecule has 2 aromatic carbocycles. The van der Waals surface area contributed by atoms with Crippen molar-refractivity contribution in [1.82, 2.24) is 0 Å². The van der Waals surface area contributed by atoms with E-state index < -0.39 is 0 Å². The average Bonchev–Trinajstić information content (AvgIpc) is 2.69. The summed E-state index contributed by atoms with van der Waals surface area (Å²) in [4.78, 5) is 5.28. The van der Waals surface area contributed by atoms with Crippen LogP contribution in [0.1, 0.15) is 30.0 Å². The molecule has 0 aliphatic heterocycles. The van der Waals surface area contributed by atoms with E-state index in [-0.39, 0.29) is 4.49 Å². The van der Waals surface area contributed by atoms with Gasteiger partial charge in [-0.25, -0.2) is 0 Å². The molecular formula is C22H24Cl3NO3. The van der Waals surface area contributed by atoms with Crippen LogP contribution in [0.2, 0.25) is 5.02 Å². The van der Waals surface area contributed by atoms with E-state index in [4.69, 9.17) is 49.1 Å². The number of hydrogen-bond donors (Lipinski definition) is 0. The molecule has 0 N–H and O–H groups in total. The predicted molar refractivity (Wildman–Crippen MR) is 121 cm³/mol. The first kappa shape index (κ1) is 23.4. The van der Waals surface area contributed by atoms with Gasteiger partial charge in [0, 0.05) is 11.4 Å². The number of halogens is 3. The molecule has 29 heavy (non-hydrogen) atoms. The third-order valence-corrected chi connectivity index (χ3v) is 4.53. The van der Waals surface area contributed by atoms with Gasteiger partial charge in [-0.3, -0.25) is 0 Å². The van der Waals surface area contributed by atoms with Gasteiger partial charge in [0.15, 0.2) is 0 Å². The number of benzene rings is 2. The number of ether oxygens (including phenoxy) is 2. The van der Waals surface area contributed by atoms with Crippen molar-refractivity contribution < 1.29 is 14.3 Å². The fourth-order valence-corrected chi connectivity index (χ4v) is 2.81. The molecule has 7 heteroatoms. The molecule has 0 bridgehead atoms. The maximum Gasteiger partial charge on any atom is 0.125 e. The molecule has 0 atom stereocenters. The van der Waals surface area contributed by atoms with Crippen LogP contribution in [-0.2, 0) is 11.3 Å². The third kappa shape index (κ3) is 8.57. The lowest BCUT2D eigenvalue weighted by molar-refractivity contribution is 0.128. The van der Waals surface area contributed by atoms with E-state index in [1.807, 2.05) is 43.3 Å². The lowest BCUT2D eigenvalue weighted by Crippen LogP contribution is -2.05. The van der Waals surface area contributed by atoms with Crippen molar-refractivity contribution in [2.45, 2.75) is 26.7 Å². The van der Waals surface area contributed by atoms with Crippen LogP contribution in [0.25, 0.3) is 0 Å². The molecule has 0 aromatic heterocycles. The first-order valence-electron chi connectivity index (χ1n) is 9.30. The minimum atomic E-state index is 0.192. The predicted octanol–water partition coefficient (Wildman–Crippen LogP) is 6.73. The molecule has 4 nitrogen and oxygen atoms in total. The molecule has 0 radical (unpaired) electrons. The van der Waals surface area contributed by atoms with Crippen molar-refractivity contribution >= 4 is 41.0 Å².